The van der Waals surface area contributed by atoms with Gasteiger partial charge in [-0.25, -0.2) is 0 Å². The number of hydrogen-bond acceptors (Lipinski definition) is 0. The summed E-state index contributed by atoms with van der Waals surface area (Å²) in [6.45, 7) is 3.74. The lowest BCUT2D eigenvalue weighted by molar-refractivity contribution is 1.27. The maximum Gasteiger partial charge on any atom is -0.0184 e. The van der Waals surface area contributed by atoms with Gasteiger partial charge in [0, 0.05) is 0 Å². The van der Waals surface area contributed by atoms with Crippen molar-refractivity contribution in [2.75, 3.05) is 0 Å². The monoisotopic (exact) mass is 104 g/mol. The second-order valence-electron chi connectivity index (χ2n) is 1.66. The highest BCUT2D eigenvalue weighted by Crippen LogP contribution is 1.96. The van der Waals surface area contributed by atoms with Gasteiger partial charge in [0.05, 0.1) is 0 Å². The zero-order valence-corrected chi connectivity index (χ0v) is 4.72. The molecule has 0 fully saturated rings. The summed E-state index contributed by atoms with van der Waals surface area (Å²) in [5.41, 5.74) is 1.27. The summed E-state index contributed by atoms with van der Waals surface area (Å²) < 4.78 is 0. The summed E-state index contributed by atoms with van der Waals surface area (Å²) >= 11 is 0. The van der Waals surface area contributed by atoms with Gasteiger partial charge in [-0.3, -0.25) is 0 Å². The first-order chi connectivity index (χ1) is 3.93. The third-order valence-electron chi connectivity index (χ3n) is 1.08. The largest absolute Gasteiger partial charge is 0.0584 e. The quantitative estimate of drug-likeness (QED) is 0.510. The van der Waals surface area contributed by atoms with Gasteiger partial charge in [0.25, 0.3) is 0 Å². The molecule has 0 aliphatic carbocycles. The SMILES string of the molecule is [CH2]Cc1cc[c]cc1. The third kappa shape index (κ3) is 1.09. The molecule has 0 amide bonds. The Morgan fingerprint density at radius 2 is 2.00 bits per heavy atom. The van der Waals surface area contributed by atoms with Crippen LogP contribution >= 0.6 is 0 Å². The van der Waals surface area contributed by atoms with Crippen LogP contribution in [0, 0.1) is 13.0 Å². The van der Waals surface area contributed by atoms with Crippen molar-refractivity contribution in [3.8, 4) is 0 Å². The van der Waals surface area contributed by atoms with Crippen LogP contribution in [0.3, 0.4) is 0 Å². The molecule has 0 heterocycles. The summed E-state index contributed by atoms with van der Waals surface area (Å²) in [6.07, 6.45) is 0.870. The molecule has 0 nitrogen and oxygen atoms in total. The van der Waals surface area contributed by atoms with Crippen LogP contribution < -0.4 is 0 Å². The molecule has 0 aromatic heterocycles. The molecule has 0 N–H and O–H groups in total. The van der Waals surface area contributed by atoms with Crippen molar-refractivity contribution in [3.63, 3.8) is 0 Å². The van der Waals surface area contributed by atoms with Gasteiger partial charge < -0.3 is 0 Å². The average Bonchev–Trinajstić information content (AvgIpc) is 1.90. The van der Waals surface area contributed by atoms with Crippen LogP contribution in [0.25, 0.3) is 0 Å². The van der Waals surface area contributed by atoms with Crippen LogP contribution in [0.4, 0.5) is 0 Å². The molecule has 2 radical (unpaired) electrons. The van der Waals surface area contributed by atoms with Crippen LogP contribution in [0.2, 0.25) is 0 Å². The molecule has 1 aromatic carbocycles. The number of hydrogen-bond donors (Lipinski definition) is 0. The first kappa shape index (κ1) is 5.36. The molecular formula is C8H8. The Labute approximate surface area is 50.2 Å². The van der Waals surface area contributed by atoms with Crippen molar-refractivity contribution in [1.29, 1.82) is 0 Å². The minimum Gasteiger partial charge on any atom is -0.0584 e. The zero-order chi connectivity index (χ0) is 5.82. The van der Waals surface area contributed by atoms with Gasteiger partial charge in [-0.2, -0.15) is 0 Å². The molecule has 0 heteroatoms. The number of rotatable bonds is 1. The first-order valence-corrected chi connectivity index (χ1v) is 2.67. The van der Waals surface area contributed by atoms with E-state index in [-0.39, 0.29) is 0 Å². The van der Waals surface area contributed by atoms with Crippen LogP contribution in [-0.2, 0) is 6.42 Å². The predicted octanol–water partition coefficient (Wildman–Crippen LogP) is 1.86. The van der Waals surface area contributed by atoms with Gasteiger partial charge in [0.2, 0.25) is 0 Å². The molecule has 0 saturated carbocycles. The Morgan fingerprint density at radius 1 is 1.38 bits per heavy atom. The van der Waals surface area contributed by atoms with E-state index >= 15 is 0 Å². The Hall–Kier alpha value is -0.780. The molecular weight excluding hydrogens is 96.1 g/mol. The second kappa shape index (κ2) is 2.51. The van der Waals surface area contributed by atoms with E-state index in [1.165, 1.54) is 5.56 Å². The van der Waals surface area contributed by atoms with Gasteiger partial charge in [0.15, 0.2) is 0 Å². The summed E-state index contributed by atoms with van der Waals surface area (Å²) in [7, 11) is 0. The maximum atomic E-state index is 3.74. The van der Waals surface area contributed by atoms with E-state index in [2.05, 4.69) is 13.0 Å². The van der Waals surface area contributed by atoms with Crippen LogP contribution in [0.1, 0.15) is 5.56 Å². The highest BCUT2D eigenvalue weighted by molar-refractivity contribution is 5.13. The van der Waals surface area contributed by atoms with Crippen LogP contribution in [0.15, 0.2) is 24.3 Å². The van der Waals surface area contributed by atoms with E-state index < -0.39 is 0 Å². The van der Waals surface area contributed by atoms with Gasteiger partial charge in [0.1, 0.15) is 0 Å². The minimum atomic E-state index is 0.870. The smallest absolute Gasteiger partial charge is 0.0184 e. The second-order valence-corrected chi connectivity index (χ2v) is 1.66. The molecule has 0 aliphatic rings. The van der Waals surface area contributed by atoms with E-state index in [0.717, 1.165) is 6.42 Å². The van der Waals surface area contributed by atoms with Gasteiger partial charge >= 0.3 is 0 Å². The summed E-state index contributed by atoms with van der Waals surface area (Å²) in [5.74, 6) is 0. The van der Waals surface area contributed by atoms with Crippen LogP contribution in [-0.4, -0.2) is 0 Å². The topological polar surface area (TPSA) is 0 Å². The Bertz CT molecular complexity index is 141. The van der Waals surface area contributed by atoms with E-state index in [1.54, 1.807) is 0 Å². The fourth-order valence-corrected chi connectivity index (χ4v) is 0.588. The van der Waals surface area contributed by atoms with Crippen molar-refractivity contribution >= 4 is 0 Å². The van der Waals surface area contributed by atoms with E-state index in [4.69, 9.17) is 0 Å². The average molecular weight is 104 g/mol. The number of benzene rings is 1. The van der Waals surface area contributed by atoms with E-state index in [0.29, 0.717) is 0 Å². The fraction of sp³-hybridized carbons (Fsp3) is 0.125. The van der Waals surface area contributed by atoms with Gasteiger partial charge in [-0.1, -0.05) is 24.3 Å². The summed E-state index contributed by atoms with van der Waals surface area (Å²) in [4.78, 5) is 0. The maximum absolute atomic E-state index is 3.74. The minimum absolute atomic E-state index is 0.870. The third-order valence-corrected chi connectivity index (χ3v) is 1.08. The first-order valence-electron chi connectivity index (χ1n) is 2.67. The normalized spacial score (nSPS) is 9.12. The van der Waals surface area contributed by atoms with Crippen molar-refractivity contribution in [3.05, 3.63) is 42.8 Å². The van der Waals surface area contributed by atoms with Gasteiger partial charge in [-0.15, -0.1) is 0 Å². The molecule has 0 atom stereocenters. The Balaban J connectivity index is 2.83. The lowest BCUT2D eigenvalue weighted by Gasteiger charge is -1.89. The van der Waals surface area contributed by atoms with Crippen molar-refractivity contribution in [2.45, 2.75) is 6.42 Å². The lowest BCUT2D eigenvalue weighted by atomic mass is 10.2. The highest BCUT2D eigenvalue weighted by atomic mass is 13.9. The van der Waals surface area contributed by atoms with Crippen molar-refractivity contribution < 1.29 is 0 Å². The zero-order valence-electron chi connectivity index (χ0n) is 4.72. The van der Waals surface area contributed by atoms with E-state index in [9.17, 15) is 0 Å². The fourth-order valence-electron chi connectivity index (χ4n) is 0.588. The van der Waals surface area contributed by atoms with Crippen molar-refractivity contribution in [1.82, 2.24) is 0 Å². The molecule has 40 valence electrons. The molecule has 1 rings (SSSR count). The molecule has 0 aliphatic heterocycles. The van der Waals surface area contributed by atoms with E-state index in [1.807, 2.05) is 24.3 Å². The van der Waals surface area contributed by atoms with Crippen LogP contribution in [0.5, 0.6) is 0 Å². The molecule has 1 aromatic rings. The predicted molar refractivity (Wildman–Crippen MR) is 34.3 cm³/mol. The molecule has 8 heavy (non-hydrogen) atoms. The van der Waals surface area contributed by atoms with Crippen molar-refractivity contribution in [2.24, 2.45) is 0 Å². The standard InChI is InChI=1S/C8H8/c1-2-8-6-4-3-5-7-8/h4-7H,1-2H2. The summed E-state index contributed by atoms with van der Waals surface area (Å²) in [5, 5.41) is 0. The Morgan fingerprint density at radius 3 is 2.38 bits per heavy atom. The lowest BCUT2D eigenvalue weighted by Crippen LogP contribution is -1.74. The molecule has 0 spiro atoms. The highest BCUT2D eigenvalue weighted by Gasteiger charge is 1.80. The molecule has 0 saturated heterocycles. The van der Waals surface area contributed by atoms with Gasteiger partial charge in [-0.05, 0) is 25.0 Å². The summed E-state index contributed by atoms with van der Waals surface area (Å²) in [6, 6.07) is 10.8. The molecule has 0 unspecified atom stereocenters. The Kier molecular flexibility index (Phi) is 1.68. The molecule has 0 bridgehead atoms.